The number of halogens is 1. The Morgan fingerprint density at radius 1 is 1.05 bits per heavy atom. The first-order chi connectivity index (χ1) is 9.76. The molecule has 0 spiro atoms. The van der Waals surface area contributed by atoms with E-state index in [1.165, 1.54) is 11.3 Å². The van der Waals surface area contributed by atoms with Gasteiger partial charge in [0.15, 0.2) is 11.5 Å². The van der Waals surface area contributed by atoms with Crippen molar-refractivity contribution in [1.82, 2.24) is 4.98 Å². The summed E-state index contributed by atoms with van der Waals surface area (Å²) in [6, 6.07) is 5.90. The molecule has 0 saturated carbocycles. The van der Waals surface area contributed by atoms with Gasteiger partial charge in [-0.25, -0.2) is 0 Å². The second-order valence-electron chi connectivity index (χ2n) is 4.80. The Labute approximate surface area is 123 Å². The van der Waals surface area contributed by atoms with E-state index in [1.807, 2.05) is 24.4 Å². The molecule has 0 N–H and O–H groups in total. The van der Waals surface area contributed by atoms with Crippen molar-refractivity contribution in [2.24, 2.45) is 0 Å². The van der Waals surface area contributed by atoms with Crippen LogP contribution in [0.2, 0.25) is 5.02 Å². The molecule has 1 heterocycles. The molecule has 0 saturated heterocycles. The van der Waals surface area contributed by atoms with E-state index in [1.54, 1.807) is 14.2 Å². The third kappa shape index (κ3) is 2.02. The summed E-state index contributed by atoms with van der Waals surface area (Å²) in [4.78, 5) is 4.45. The maximum absolute atomic E-state index is 6.50. The third-order valence-corrected chi connectivity index (χ3v) is 4.14. The lowest BCUT2D eigenvalue weighted by atomic mass is 9.99. The van der Waals surface area contributed by atoms with E-state index in [4.69, 9.17) is 21.1 Å². The molecule has 0 aliphatic heterocycles. The SMILES string of the molecule is COc1ccc(-c2ccnc3c2CCC3)c(Cl)c1OC. The Morgan fingerprint density at radius 2 is 1.90 bits per heavy atom. The first kappa shape index (κ1) is 13.3. The fourth-order valence-corrected chi connectivity index (χ4v) is 3.15. The highest BCUT2D eigenvalue weighted by atomic mass is 35.5. The maximum Gasteiger partial charge on any atom is 0.180 e. The summed E-state index contributed by atoms with van der Waals surface area (Å²) < 4.78 is 10.7. The number of aromatic nitrogens is 1. The molecule has 1 aliphatic carbocycles. The molecular weight excluding hydrogens is 274 g/mol. The minimum atomic E-state index is 0.579. The molecule has 0 atom stereocenters. The van der Waals surface area contributed by atoms with Crippen molar-refractivity contribution in [3.8, 4) is 22.6 Å². The molecule has 0 bridgehead atoms. The quantitative estimate of drug-likeness (QED) is 0.858. The summed E-state index contributed by atoms with van der Waals surface area (Å²) in [6.07, 6.45) is 5.12. The van der Waals surface area contributed by atoms with Gasteiger partial charge in [0, 0.05) is 17.5 Å². The Balaban J connectivity index is 2.19. The van der Waals surface area contributed by atoms with Crippen LogP contribution in [0.15, 0.2) is 24.4 Å². The highest BCUT2D eigenvalue weighted by Gasteiger charge is 2.20. The number of aryl methyl sites for hydroxylation is 1. The molecule has 0 radical (unpaired) electrons. The maximum atomic E-state index is 6.50. The zero-order chi connectivity index (χ0) is 14.1. The fourth-order valence-electron chi connectivity index (χ4n) is 2.81. The molecule has 4 heteroatoms. The van der Waals surface area contributed by atoms with Gasteiger partial charge in [-0.15, -0.1) is 0 Å². The highest BCUT2D eigenvalue weighted by Crippen LogP contribution is 2.43. The lowest BCUT2D eigenvalue weighted by Crippen LogP contribution is -1.96. The van der Waals surface area contributed by atoms with Crippen LogP contribution < -0.4 is 9.47 Å². The van der Waals surface area contributed by atoms with Crippen LogP contribution in [-0.4, -0.2) is 19.2 Å². The van der Waals surface area contributed by atoms with E-state index < -0.39 is 0 Å². The zero-order valence-electron chi connectivity index (χ0n) is 11.6. The molecule has 1 aliphatic rings. The van der Waals surface area contributed by atoms with Crippen LogP contribution in [0.5, 0.6) is 11.5 Å². The van der Waals surface area contributed by atoms with E-state index in [0.29, 0.717) is 16.5 Å². The fraction of sp³-hybridized carbons (Fsp3) is 0.312. The molecule has 0 fully saturated rings. The number of rotatable bonds is 3. The summed E-state index contributed by atoms with van der Waals surface area (Å²) in [5, 5.41) is 0.590. The number of nitrogens with zero attached hydrogens (tertiary/aromatic N) is 1. The van der Waals surface area contributed by atoms with E-state index in [-0.39, 0.29) is 0 Å². The lowest BCUT2D eigenvalue weighted by molar-refractivity contribution is 0.355. The summed E-state index contributed by atoms with van der Waals surface area (Å²) in [7, 11) is 3.21. The van der Waals surface area contributed by atoms with Gasteiger partial charge in [-0.05, 0) is 48.6 Å². The predicted molar refractivity (Wildman–Crippen MR) is 79.8 cm³/mol. The van der Waals surface area contributed by atoms with Gasteiger partial charge in [0.2, 0.25) is 0 Å². The topological polar surface area (TPSA) is 31.4 Å². The predicted octanol–water partition coefficient (Wildman–Crippen LogP) is 3.91. The summed E-state index contributed by atoms with van der Waals surface area (Å²) in [6.45, 7) is 0. The Kier molecular flexibility index (Phi) is 3.53. The smallest absolute Gasteiger partial charge is 0.180 e. The number of fused-ring (bicyclic) bond motifs is 1. The van der Waals surface area contributed by atoms with Gasteiger partial charge in [-0.1, -0.05) is 11.6 Å². The Hall–Kier alpha value is -1.74. The Morgan fingerprint density at radius 3 is 2.65 bits per heavy atom. The minimum absolute atomic E-state index is 0.579. The molecule has 2 aromatic rings. The van der Waals surface area contributed by atoms with E-state index in [0.717, 1.165) is 30.4 Å². The number of hydrogen-bond donors (Lipinski definition) is 0. The average molecular weight is 290 g/mol. The van der Waals surface area contributed by atoms with E-state index >= 15 is 0 Å². The van der Waals surface area contributed by atoms with Crippen LogP contribution in [0, 0.1) is 0 Å². The average Bonchev–Trinajstić information content (AvgIpc) is 2.95. The van der Waals surface area contributed by atoms with Gasteiger partial charge in [-0.2, -0.15) is 0 Å². The number of methoxy groups -OCH3 is 2. The summed E-state index contributed by atoms with van der Waals surface area (Å²) >= 11 is 6.50. The highest BCUT2D eigenvalue weighted by molar-refractivity contribution is 6.35. The number of hydrogen-bond acceptors (Lipinski definition) is 3. The van der Waals surface area contributed by atoms with Gasteiger partial charge >= 0.3 is 0 Å². The number of pyridine rings is 1. The second kappa shape index (κ2) is 5.33. The van der Waals surface area contributed by atoms with E-state index in [9.17, 15) is 0 Å². The largest absolute Gasteiger partial charge is 0.493 e. The van der Waals surface area contributed by atoms with Crippen LogP contribution in [0.25, 0.3) is 11.1 Å². The van der Waals surface area contributed by atoms with Gasteiger partial charge in [0.1, 0.15) is 0 Å². The van der Waals surface area contributed by atoms with Crippen molar-refractivity contribution in [2.75, 3.05) is 14.2 Å². The molecule has 3 nitrogen and oxygen atoms in total. The molecule has 0 unspecified atom stereocenters. The summed E-state index contributed by atoms with van der Waals surface area (Å²) in [5.41, 5.74) is 4.62. The standard InChI is InChI=1S/C16H16ClNO2/c1-19-14-7-6-12(15(17)16(14)20-2)10-8-9-18-13-5-3-4-11(10)13/h6-9H,3-5H2,1-2H3. The molecule has 3 rings (SSSR count). The second-order valence-corrected chi connectivity index (χ2v) is 5.18. The van der Waals surface area contributed by atoms with Crippen LogP contribution in [0.4, 0.5) is 0 Å². The van der Waals surface area contributed by atoms with Crippen molar-refractivity contribution in [2.45, 2.75) is 19.3 Å². The van der Waals surface area contributed by atoms with Crippen molar-refractivity contribution in [3.63, 3.8) is 0 Å². The van der Waals surface area contributed by atoms with Gasteiger partial charge in [0.05, 0.1) is 19.2 Å². The van der Waals surface area contributed by atoms with Gasteiger partial charge < -0.3 is 9.47 Å². The molecule has 20 heavy (non-hydrogen) atoms. The first-order valence-electron chi connectivity index (χ1n) is 6.64. The third-order valence-electron chi connectivity index (χ3n) is 3.76. The van der Waals surface area contributed by atoms with E-state index in [2.05, 4.69) is 4.98 Å². The van der Waals surface area contributed by atoms with Crippen LogP contribution in [0.3, 0.4) is 0 Å². The van der Waals surface area contributed by atoms with Crippen molar-refractivity contribution in [1.29, 1.82) is 0 Å². The van der Waals surface area contributed by atoms with Crippen LogP contribution >= 0.6 is 11.6 Å². The number of ether oxygens (including phenoxy) is 2. The molecular formula is C16H16ClNO2. The van der Waals surface area contributed by atoms with Crippen molar-refractivity contribution in [3.05, 3.63) is 40.7 Å². The van der Waals surface area contributed by atoms with Crippen LogP contribution in [0.1, 0.15) is 17.7 Å². The van der Waals surface area contributed by atoms with Crippen molar-refractivity contribution < 1.29 is 9.47 Å². The molecule has 1 aromatic carbocycles. The molecule has 1 aromatic heterocycles. The minimum Gasteiger partial charge on any atom is -0.493 e. The first-order valence-corrected chi connectivity index (χ1v) is 7.01. The number of benzene rings is 1. The van der Waals surface area contributed by atoms with Gasteiger partial charge in [0.25, 0.3) is 0 Å². The van der Waals surface area contributed by atoms with Crippen LogP contribution in [-0.2, 0) is 12.8 Å². The van der Waals surface area contributed by atoms with Crippen molar-refractivity contribution >= 4 is 11.6 Å². The zero-order valence-corrected chi connectivity index (χ0v) is 12.3. The monoisotopic (exact) mass is 289 g/mol. The lowest BCUT2D eigenvalue weighted by Gasteiger charge is -2.14. The Bertz CT molecular complexity index is 655. The summed E-state index contributed by atoms with van der Waals surface area (Å²) in [5.74, 6) is 1.22. The molecule has 104 valence electrons. The van der Waals surface area contributed by atoms with Gasteiger partial charge in [-0.3, -0.25) is 4.98 Å². The molecule has 0 amide bonds. The normalized spacial score (nSPS) is 13.2.